The van der Waals surface area contributed by atoms with Gasteiger partial charge in [-0.1, -0.05) is 21.0 Å². The lowest BCUT2D eigenvalue weighted by atomic mass is 10.1. The molecule has 26 heavy (non-hydrogen) atoms. The summed E-state index contributed by atoms with van der Waals surface area (Å²) in [6.45, 7) is -0.499. The van der Waals surface area contributed by atoms with Gasteiger partial charge in [0.25, 0.3) is 15.7 Å². The van der Waals surface area contributed by atoms with Gasteiger partial charge in [-0.3, -0.25) is 0 Å². The predicted octanol–water partition coefficient (Wildman–Crippen LogP) is 2.95. The summed E-state index contributed by atoms with van der Waals surface area (Å²) in [5, 5.41) is 5.22. The van der Waals surface area contributed by atoms with Gasteiger partial charge in [0.2, 0.25) is 0 Å². The van der Waals surface area contributed by atoms with E-state index < -0.39 is 44.1 Å². The average molecular weight is 420 g/mol. The van der Waals surface area contributed by atoms with E-state index in [2.05, 4.69) is 9.59 Å². The molecule has 0 saturated heterocycles. The predicted molar refractivity (Wildman–Crippen MR) is 79.1 cm³/mol. The molecule has 0 aliphatic carbocycles. The Balaban J connectivity index is 2.40. The lowest BCUT2D eigenvalue weighted by Crippen LogP contribution is -2.65. The number of nitrogens with zero attached hydrogens (tertiary/aromatic N) is 3. The van der Waals surface area contributed by atoms with Crippen LogP contribution in [-0.2, 0) is 10.0 Å². The number of hydrogen-bond acceptors (Lipinski definition) is 6. The first-order valence-corrected chi connectivity index (χ1v) is 8.81. The lowest BCUT2D eigenvalue weighted by molar-refractivity contribution is -0.322. The molecule has 6 nitrogen and oxygen atoms in total. The first-order valence-electron chi connectivity index (χ1n) is 6.54. The van der Waals surface area contributed by atoms with Crippen molar-refractivity contribution in [1.82, 2.24) is 14.0 Å². The van der Waals surface area contributed by atoms with Gasteiger partial charge in [-0.15, -0.1) is 5.10 Å². The Bertz CT molecular complexity index is 866. The van der Waals surface area contributed by atoms with E-state index in [9.17, 15) is 34.8 Å². The molecule has 1 aromatic heterocycles. The van der Waals surface area contributed by atoms with Crippen LogP contribution in [0.5, 0.6) is 0 Å². The van der Waals surface area contributed by atoms with E-state index in [4.69, 9.17) is 5.84 Å². The minimum absolute atomic E-state index is 0.363. The van der Waals surface area contributed by atoms with Crippen LogP contribution in [0, 0.1) is 0 Å². The van der Waals surface area contributed by atoms with Crippen molar-refractivity contribution >= 4 is 21.6 Å². The van der Waals surface area contributed by atoms with E-state index in [1.165, 1.54) is 5.38 Å². The summed E-state index contributed by atoms with van der Waals surface area (Å²) in [7, 11) is -5.34. The summed E-state index contributed by atoms with van der Waals surface area (Å²) >= 11 is 1.00. The van der Waals surface area contributed by atoms with Gasteiger partial charge in [0.15, 0.2) is 0 Å². The van der Waals surface area contributed by atoms with Crippen LogP contribution in [0.3, 0.4) is 0 Å². The molecule has 0 radical (unpaired) electrons. The number of benzene rings is 1. The summed E-state index contributed by atoms with van der Waals surface area (Å²) in [5.41, 5.74) is -4.48. The van der Waals surface area contributed by atoms with Crippen molar-refractivity contribution in [2.24, 2.45) is 5.84 Å². The molecular formula is C12H10F6N4O2S2. The Morgan fingerprint density at radius 2 is 1.62 bits per heavy atom. The van der Waals surface area contributed by atoms with Crippen molar-refractivity contribution in [2.45, 2.75) is 29.7 Å². The molecule has 0 bridgehead atoms. The lowest BCUT2D eigenvalue weighted by Gasteiger charge is -2.36. The van der Waals surface area contributed by atoms with Gasteiger partial charge in [0.05, 0.1) is 4.90 Å². The maximum absolute atomic E-state index is 13.9. The fourth-order valence-corrected chi connectivity index (χ4v) is 3.38. The zero-order chi connectivity index (χ0) is 20.0. The normalized spacial score (nSPS) is 15.9. The van der Waals surface area contributed by atoms with Gasteiger partial charge in [0, 0.05) is 10.9 Å². The van der Waals surface area contributed by atoms with Gasteiger partial charge in [-0.05, 0) is 30.6 Å². The third-order valence-corrected chi connectivity index (χ3v) is 5.56. The van der Waals surface area contributed by atoms with Crippen molar-refractivity contribution in [2.75, 3.05) is 0 Å². The van der Waals surface area contributed by atoms with Crippen LogP contribution < -0.4 is 5.84 Å². The zero-order valence-electron chi connectivity index (χ0n) is 12.7. The maximum Gasteiger partial charge on any atom is 0.429 e. The molecule has 144 valence electrons. The molecule has 1 unspecified atom stereocenters. The topological polar surface area (TPSA) is 89.2 Å². The van der Waals surface area contributed by atoms with E-state index in [0.717, 1.165) is 35.8 Å². The van der Waals surface area contributed by atoms with Crippen LogP contribution in [0.15, 0.2) is 34.5 Å². The van der Waals surface area contributed by atoms with Gasteiger partial charge in [-0.2, -0.15) is 22.0 Å². The van der Waals surface area contributed by atoms with Crippen molar-refractivity contribution in [3.8, 4) is 11.3 Å². The Morgan fingerprint density at radius 3 is 2.04 bits per heavy atom. The van der Waals surface area contributed by atoms with Gasteiger partial charge >= 0.3 is 12.2 Å². The number of aromatic nitrogens is 2. The molecule has 0 fully saturated rings. The maximum atomic E-state index is 13.9. The van der Waals surface area contributed by atoms with Crippen molar-refractivity contribution in [1.29, 1.82) is 0 Å². The molecule has 14 heteroatoms. The minimum atomic E-state index is -6.06. The summed E-state index contributed by atoms with van der Waals surface area (Å²) in [6, 6.07) is -1.63. The Kier molecular flexibility index (Phi) is 5.09. The molecular weight excluding hydrogens is 410 g/mol. The molecule has 2 N–H and O–H groups in total. The molecule has 1 aromatic carbocycles. The van der Waals surface area contributed by atoms with Crippen molar-refractivity contribution < 1.29 is 34.8 Å². The fourth-order valence-electron chi connectivity index (χ4n) is 1.73. The van der Waals surface area contributed by atoms with E-state index in [-0.39, 0.29) is 0 Å². The van der Waals surface area contributed by atoms with Crippen LogP contribution in [0.2, 0.25) is 0 Å². The van der Waals surface area contributed by atoms with Gasteiger partial charge in [0.1, 0.15) is 5.69 Å². The van der Waals surface area contributed by atoms with Gasteiger partial charge in [-0.25, -0.2) is 18.7 Å². The number of alkyl halides is 6. The SMILES string of the molecule is CC(F)(C(F)(F)F)C(F)(F)N(N)S(=O)(=O)c1ccc(-c2csnn2)cc1. The monoisotopic (exact) mass is 420 g/mol. The fraction of sp³-hybridized carbons (Fsp3) is 0.333. The number of halogens is 6. The van der Waals surface area contributed by atoms with Crippen LogP contribution in [0.1, 0.15) is 6.92 Å². The molecule has 0 aliphatic rings. The van der Waals surface area contributed by atoms with E-state index in [1.807, 2.05) is 0 Å². The van der Waals surface area contributed by atoms with Crippen LogP contribution >= 0.6 is 11.5 Å². The number of hydrogen-bond donors (Lipinski definition) is 1. The molecule has 0 amide bonds. The molecule has 1 heterocycles. The first kappa shape index (κ1) is 20.5. The molecule has 0 aliphatic heterocycles. The molecule has 2 aromatic rings. The average Bonchev–Trinajstić information content (AvgIpc) is 3.07. The molecule has 1 atom stereocenters. The Labute approximate surface area is 147 Å². The van der Waals surface area contributed by atoms with E-state index >= 15 is 0 Å². The van der Waals surface area contributed by atoms with Gasteiger partial charge < -0.3 is 0 Å². The third kappa shape index (κ3) is 3.28. The quantitative estimate of drug-likeness (QED) is 0.348. The third-order valence-electron chi connectivity index (χ3n) is 3.44. The summed E-state index contributed by atoms with van der Waals surface area (Å²) in [4.78, 5) is -0.857. The molecule has 0 spiro atoms. The largest absolute Gasteiger partial charge is 0.429 e. The second kappa shape index (κ2) is 6.44. The highest BCUT2D eigenvalue weighted by Crippen LogP contribution is 2.47. The highest BCUT2D eigenvalue weighted by atomic mass is 32.2. The second-order valence-corrected chi connectivity index (χ2v) is 7.58. The van der Waals surface area contributed by atoms with Crippen LogP contribution in [0.4, 0.5) is 26.3 Å². The summed E-state index contributed by atoms with van der Waals surface area (Å²) in [5.74, 6) is 4.71. The van der Waals surface area contributed by atoms with Crippen LogP contribution in [-0.4, -0.2) is 40.3 Å². The smallest absolute Gasteiger partial charge is 0.249 e. The van der Waals surface area contributed by atoms with E-state index in [1.54, 1.807) is 0 Å². The summed E-state index contributed by atoms with van der Waals surface area (Å²) < 4.78 is 105. The number of hydrazine groups is 1. The Morgan fingerprint density at radius 1 is 1.08 bits per heavy atom. The summed E-state index contributed by atoms with van der Waals surface area (Å²) in [6.07, 6.45) is -6.06. The number of nitrogens with two attached hydrogens (primary N) is 1. The Hall–Kier alpha value is -1.77. The minimum Gasteiger partial charge on any atom is -0.249 e. The highest BCUT2D eigenvalue weighted by Gasteiger charge is 2.72. The standard InChI is InChI=1S/C12H10F6N4O2S2/c1-10(13,11(14,15)16)12(17,18)22(19)26(23,24)8-4-2-7(3-5-8)9-6-25-21-20-9/h2-6H,19H2,1H3. The zero-order valence-corrected chi connectivity index (χ0v) is 14.3. The molecule has 0 saturated carbocycles. The molecule has 2 rings (SSSR count). The highest BCUT2D eigenvalue weighted by molar-refractivity contribution is 7.89. The van der Waals surface area contributed by atoms with Crippen molar-refractivity contribution in [3.05, 3.63) is 29.6 Å². The first-order chi connectivity index (χ1) is 11.7. The van der Waals surface area contributed by atoms with E-state index in [0.29, 0.717) is 11.3 Å². The van der Waals surface area contributed by atoms with Crippen molar-refractivity contribution in [3.63, 3.8) is 0 Å². The number of sulfonamides is 1. The second-order valence-electron chi connectivity index (χ2n) is 5.16. The van der Waals surface area contributed by atoms with Crippen LogP contribution in [0.25, 0.3) is 11.3 Å². The number of rotatable bonds is 5.